The van der Waals surface area contributed by atoms with Gasteiger partial charge in [0, 0.05) is 11.3 Å². The van der Waals surface area contributed by atoms with E-state index in [2.05, 4.69) is 5.32 Å². The summed E-state index contributed by atoms with van der Waals surface area (Å²) in [5.74, 6) is 0.211. The Hall–Kier alpha value is -0.830. The molecular weight excluding hydrogens is 182 g/mol. The van der Waals surface area contributed by atoms with Crippen molar-refractivity contribution in [2.45, 2.75) is 27.2 Å². The van der Waals surface area contributed by atoms with Gasteiger partial charge in [-0.2, -0.15) is 0 Å². The van der Waals surface area contributed by atoms with Gasteiger partial charge in [0.25, 0.3) is 0 Å². The standard InChI is InChI=1S/C10H15NOS/c1-4-7(2)10(12)11-9-6-13-5-8(9)3/h5-7H,4H2,1-3H3,(H,11,12). The average Bonchev–Trinajstić information content (AvgIpc) is 2.50. The van der Waals surface area contributed by atoms with Gasteiger partial charge in [-0.15, -0.1) is 11.3 Å². The summed E-state index contributed by atoms with van der Waals surface area (Å²) in [5, 5.41) is 6.91. The van der Waals surface area contributed by atoms with Crippen molar-refractivity contribution in [1.82, 2.24) is 0 Å². The van der Waals surface area contributed by atoms with Crippen LogP contribution in [0.2, 0.25) is 0 Å². The second-order valence-corrected chi connectivity index (χ2v) is 4.01. The van der Waals surface area contributed by atoms with Gasteiger partial charge in [0.2, 0.25) is 5.91 Å². The zero-order chi connectivity index (χ0) is 9.84. The molecule has 0 aliphatic carbocycles. The van der Waals surface area contributed by atoms with Crippen LogP contribution in [-0.4, -0.2) is 5.91 Å². The van der Waals surface area contributed by atoms with Crippen molar-refractivity contribution in [3.8, 4) is 0 Å². The highest BCUT2D eigenvalue weighted by Gasteiger charge is 2.11. The van der Waals surface area contributed by atoms with Crippen LogP contribution in [-0.2, 0) is 4.79 Å². The Morgan fingerprint density at radius 1 is 1.62 bits per heavy atom. The minimum absolute atomic E-state index is 0.0966. The third-order valence-corrected chi connectivity index (χ3v) is 3.03. The van der Waals surface area contributed by atoms with Crippen molar-refractivity contribution in [3.63, 3.8) is 0 Å². The van der Waals surface area contributed by atoms with Crippen molar-refractivity contribution in [1.29, 1.82) is 0 Å². The number of hydrogen-bond acceptors (Lipinski definition) is 2. The molecule has 0 aromatic carbocycles. The van der Waals surface area contributed by atoms with Crippen molar-refractivity contribution in [3.05, 3.63) is 16.3 Å². The van der Waals surface area contributed by atoms with E-state index in [-0.39, 0.29) is 11.8 Å². The van der Waals surface area contributed by atoms with Crippen molar-refractivity contribution in [2.75, 3.05) is 5.32 Å². The lowest BCUT2D eigenvalue weighted by Crippen LogP contribution is -2.19. The number of carbonyl (C=O) groups excluding carboxylic acids is 1. The summed E-state index contributed by atoms with van der Waals surface area (Å²) in [6, 6.07) is 0. The highest BCUT2D eigenvalue weighted by atomic mass is 32.1. The van der Waals surface area contributed by atoms with E-state index in [0.29, 0.717) is 0 Å². The first-order valence-electron chi connectivity index (χ1n) is 4.48. The Morgan fingerprint density at radius 2 is 2.31 bits per heavy atom. The summed E-state index contributed by atoms with van der Waals surface area (Å²) in [4.78, 5) is 11.5. The monoisotopic (exact) mass is 197 g/mol. The molecule has 0 saturated heterocycles. The van der Waals surface area contributed by atoms with E-state index < -0.39 is 0 Å². The zero-order valence-electron chi connectivity index (χ0n) is 8.26. The lowest BCUT2D eigenvalue weighted by Gasteiger charge is -2.08. The van der Waals surface area contributed by atoms with E-state index in [1.165, 1.54) is 0 Å². The predicted molar refractivity (Wildman–Crippen MR) is 57.1 cm³/mol. The maximum atomic E-state index is 11.5. The molecule has 1 aromatic rings. The molecule has 2 nitrogen and oxygen atoms in total. The van der Waals surface area contributed by atoms with Gasteiger partial charge >= 0.3 is 0 Å². The highest BCUT2D eigenvalue weighted by molar-refractivity contribution is 7.08. The van der Waals surface area contributed by atoms with E-state index in [0.717, 1.165) is 17.7 Å². The fourth-order valence-corrected chi connectivity index (χ4v) is 1.71. The SMILES string of the molecule is CCC(C)C(=O)Nc1cscc1C. The topological polar surface area (TPSA) is 29.1 Å². The Kier molecular flexibility index (Phi) is 3.48. The van der Waals surface area contributed by atoms with Gasteiger partial charge < -0.3 is 5.32 Å². The fraction of sp³-hybridized carbons (Fsp3) is 0.500. The van der Waals surface area contributed by atoms with Crippen LogP contribution in [0.1, 0.15) is 25.8 Å². The number of thiophene rings is 1. The lowest BCUT2D eigenvalue weighted by molar-refractivity contribution is -0.119. The van der Waals surface area contributed by atoms with Crippen molar-refractivity contribution in [2.24, 2.45) is 5.92 Å². The number of carbonyl (C=O) groups is 1. The zero-order valence-corrected chi connectivity index (χ0v) is 9.07. The van der Waals surface area contributed by atoms with Gasteiger partial charge in [0.1, 0.15) is 0 Å². The number of nitrogens with one attached hydrogen (secondary N) is 1. The molecular formula is C10H15NOS. The van der Waals surface area contributed by atoms with Gasteiger partial charge in [-0.1, -0.05) is 13.8 Å². The number of amides is 1. The first-order chi connectivity index (χ1) is 6.15. The molecule has 1 rings (SSSR count). The third-order valence-electron chi connectivity index (χ3n) is 2.17. The molecule has 1 heterocycles. The summed E-state index contributed by atoms with van der Waals surface area (Å²) in [5.41, 5.74) is 2.09. The molecule has 0 saturated carbocycles. The summed E-state index contributed by atoms with van der Waals surface area (Å²) >= 11 is 1.61. The first kappa shape index (κ1) is 10.3. The van der Waals surface area contributed by atoms with Gasteiger partial charge in [-0.3, -0.25) is 4.79 Å². The highest BCUT2D eigenvalue weighted by Crippen LogP contribution is 2.20. The summed E-state index contributed by atoms with van der Waals surface area (Å²) in [6.07, 6.45) is 0.884. The summed E-state index contributed by atoms with van der Waals surface area (Å²) in [7, 11) is 0. The fourth-order valence-electron chi connectivity index (χ4n) is 0.930. The molecule has 0 spiro atoms. The van der Waals surface area contributed by atoms with Crippen molar-refractivity contribution < 1.29 is 4.79 Å². The second kappa shape index (κ2) is 4.42. The Balaban J connectivity index is 2.60. The maximum absolute atomic E-state index is 11.5. The van der Waals surface area contributed by atoms with Gasteiger partial charge in [0.05, 0.1) is 5.69 Å². The molecule has 0 aliphatic rings. The van der Waals surface area contributed by atoms with Crippen LogP contribution in [0.3, 0.4) is 0 Å². The molecule has 1 N–H and O–H groups in total. The van der Waals surface area contributed by atoms with Crippen molar-refractivity contribution >= 4 is 22.9 Å². The van der Waals surface area contributed by atoms with E-state index in [9.17, 15) is 4.79 Å². The minimum Gasteiger partial charge on any atom is -0.325 e. The second-order valence-electron chi connectivity index (χ2n) is 3.27. The summed E-state index contributed by atoms with van der Waals surface area (Å²) in [6.45, 7) is 5.96. The van der Waals surface area contributed by atoms with Crippen LogP contribution in [0.25, 0.3) is 0 Å². The number of anilines is 1. The molecule has 1 unspecified atom stereocenters. The number of rotatable bonds is 3. The predicted octanol–water partition coefficient (Wildman–Crippen LogP) is 3.04. The van der Waals surface area contributed by atoms with Crippen LogP contribution in [0.5, 0.6) is 0 Å². The van der Waals surface area contributed by atoms with Crippen LogP contribution in [0, 0.1) is 12.8 Å². The quantitative estimate of drug-likeness (QED) is 0.792. The van der Waals surface area contributed by atoms with Crippen LogP contribution in [0.4, 0.5) is 5.69 Å². The van der Waals surface area contributed by atoms with Crippen LogP contribution < -0.4 is 5.32 Å². The van der Waals surface area contributed by atoms with Gasteiger partial charge in [-0.25, -0.2) is 0 Å². The third kappa shape index (κ3) is 2.56. The minimum atomic E-state index is 0.0966. The first-order valence-corrected chi connectivity index (χ1v) is 5.43. The number of hydrogen-bond donors (Lipinski definition) is 1. The molecule has 1 atom stereocenters. The Labute approximate surface area is 83.0 Å². The van der Waals surface area contributed by atoms with Crippen LogP contribution >= 0.6 is 11.3 Å². The van der Waals surface area contributed by atoms with E-state index in [1.807, 2.05) is 31.5 Å². The Morgan fingerprint density at radius 3 is 2.77 bits per heavy atom. The molecule has 1 amide bonds. The normalized spacial score (nSPS) is 12.5. The van der Waals surface area contributed by atoms with Gasteiger partial charge in [0.15, 0.2) is 0 Å². The van der Waals surface area contributed by atoms with Gasteiger partial charge in [-0.05, 0) is 24.3 Å². The molecule has 0 bridgehead atoms. The number of aryl methyl sites for hydroxylation is 1. The molecule has 0 aliphatic heterocycles. The largest absolute Gasteiger partial charge is 0.325 e. The van der Waals surface area contributed by atoms with E-state index >= 15 is 0 Å². The molecule has 0 radical (unpaired) electrons. The molecule has 0 fully saturated rings. The molecule has 72 valence electrons. The Bertz CT molecular complexity index is 293. The van der Waals surface area contributed by atoms with E-state index in [1.54, 1.807) is 11.3 Å². The smallest absolute Gasteiger partial charge is 0.227 e. The summed E-state index contributed by atoms with van der Waals surface area (Å²) < 4.78 is 0. The lowest BCUT2D eigenvalue weighted by atomic mass is 10.1. The molecule has 3 heteroatoms. The van der Waals surface area contributed by atoms with E-state index in [4.69, 9.17) is 0 Å². The maximum Gasteiger partial charge on any atom is 0.227 e. The molecule has 13 heavy (non-hydrogen) atoms. The van der Waals surface area contributed by atoms with Crippen LogP contribution in [0.15, 0.2) is 10.8 Å². The average molecular weight is 197 g/mol. The molecule has 1 aromatic heterocycles.